The number of aldehydes is 1. The van der Waals surface area contributed by atoms with Gasteiger partial charge in [-0.3, -0.25) is 14.5 Å². The average Bonchev–Trinajstić information content (AvgIpc) is 3.05. The highest BCUT2D eigenvalue weighted by Gasteiger charge is 2.29. The van der Waals surface area contributed by atoms with Gasteiger partial charge in [0.25, 0.3) is 5.91 Å². The van der Waals surface area contributed by atoms with Gasteiger partial charge in [-0.25, -0.2) is 4.39 Å². The lowest BCUT2D eigenvalue weighted by molar-refractivity contribution is -0.114. The van der Waals surface area contributed by atoms with E-state index in [1.807, 2.05) is 24.3 Å². The second-order valence-electron chi connectivity index (χ2n) is 11.2. The van der Waals surface area contributed by atoms with Gasteiger partial charge in [0.05, 0.1) is 17.1 Å². The lowest BCUT2D eigenvalue weighted by Gasteiger charge is -2.38. The van der Waals surface area contributed by atoms with Gasteiger partial charge in [-0.2, -0.15) is 0 Å². The first-order valence-electron chi connectivity index (χ1n) is 15.4. The van der Waals surface area contributed by atoms with Crippen LogP contribution in [0.25, 0.3) is 6.08 Å². The largest absolute Gasteiger partial charge is 0.318 e. The minimum Gasteiger partial charge on any atom is -0.318 e. The number of amides is 1. The monoisotopic (exact) mass is 601 g/mol. The number of benzene rings is 3. The van der Waals surface area contributed by atoms with E-state index in [9.17, 15) is 14.0 Å². The summed E-state index contributed by atoms with van der Waals surface area (Å²) in [5, 5.41) is 3.27. The summed E-state index contributed by atoms with van der Waals surface area (Å²) in [4.78, 5) is 29.8. The number of nitrogens with zero attached hydrogens (tertiary/aromatic N) is 2. The van der Waals surface area contributed by atoms with Gasteiger partial charge < -0.3 is 10.2 Å². The van der Waals surface area contributed by atoms with E-state index in [4.69, 9.17) is 0 Å². The van der Waals surface area contributed by atoms with Crippen LogP contribution < -0.4 is 10.2 Å². The SMILES string of the molecule is CCC(C)N(CCNC)C1CCCCC1.O=Cc1ccc(/C=C2/Sc3ccccc3N(Cc3ccccc3F)C2=O)cc1. The van der Waals surface area contributed by atoms with Crippen LogP contribution in [-0.4, -0.2) is 49.3 Å². The average molecular weight is 602 g/mol. The van der Waals surface area contributed by atoms with Gasteiger partial charge in [-0.1, -0.05) is 92.5 Å². The molecule has 1 N–H and O–H groups in total. The number of halogens is 1. The fraction of sp³-hybridized carbons (Fsp3) is 0.389. The number of fused-ring (bicyclic) bond motifs is 1. The number of hydrogen-bond donors (Lipinski definition) is 1. The molecule has 5 nitrogen and oxygen atoms in total. The smallest absolute Gasteiger partial charge is 0.265 e. The van der Waals surface area contributed by atoms with Crippen molar-refractivity contribution in [3.8, 4) is 0 Å². The van der Waals surface area contributed by atoms with Crippen molar-refractivity contribution >= 4 is 35.7 Å². The fourth-order valence-corrected chi connectivity index (χ4v) is 6.75. The summed E-state index contributed by atoms with van der Waals surface area (Å²) in [6.07, 6.45) is 11.0. The van der Waals surface area contributed by atoms with Gasteiger partial charge in [0.2, 0.25) is 0 Å². The Hall–Kier alpha value is -3.26. The molecular formula is C36H44FN3O2S. The number of carbonyl (C=O) groups is 2. The number of likely N-dealkylation sites (N-methyl/N-ethyl adjacent to an activating group) is 1. The van der Waals surface area contributed by atoms with Crippen LogP contribution >= 0.6 is 11.8 Å². The molecule has 3 aromatic carbocycles. The third kappa shape index (κ3) is 8.88. The molecule has 0 bridgehead atoms. The van der Waals surface area contributed by atoms with Crippen LogP contribution in [0.2, 0.25) is 0 Å². The third-order valence-corrected chi connectivity index (χ3v) is 9.39. The summed E-state index contributed by atoms with van der Waals surface area (Å²) in [5.74, 6) is -0.507. The van der Waals surface area contributed by atoms with Crippen molar-refractivity contribution in [2.45, 2.75) is 75.9 Å². The normalized spacial score (nSPS) is 16.9. The molecule has 0 radical (unpaired) electrons. The molecule has 228 valence electrons. The molecule has 1 aliphatic carbocycles. The van der Waals surface area contributed by atoms with Gasteiger partial charge >= 0.3 is 0 Å². The van der Waals surface area contributed by atoms with E-state index >= 15 is 0 Å². The molecule has 0 aromatic heterocycles. The molecule has 3 aromatic rings. The number of hydrogen-bond acceptors (Lipinski definition) is 5. The maximum Gasteiger partial charge on any atom is 0.265 e. The third-order valence-electron chi connectivity index (χ3n) is 8.31. The van der Waals surface area contributed by atoms with Crippen molar-refractivity contribution in [3.63, 3.8) is 0 Å². The second-order valence-corrected chi connectivity index (χ2v) is 12.3. The lowest BCUT2D eigenvalue weighted by atomic mass is 9.93. The molecule has 0 spiro atoms. The quantitative estimate of drug-likeness (QED) is 0.189. The maximum atomic E-state index is 14.2. The van der Waals surface area contributed by atoms with Gasteiger partial charge in [0.15, 0.2) is 0 Å². The molecule has 5 rings (SSSR count). The molecule has 1 atom stereocenters. The van der Waals surface area contributed by atoms with Crippen molar-refractivity contribution in [2.75, 3.05) is 25.0 Å². The molecule has 43 heavy (non-hydrogen) atoms. The number of anilines is 1. The highest BCUT2D eigenvalue weighted by Crippen LogP contribution is 2.42. The van der Waals surface area contributed by atoms with Crippen LogP contribution in [-0.2, 0) is 11.3 Å². The van der Waals surface area contributed by atoms with E-state index in [1.165, 1.54) is 62.9 Å². The lowest BCUT2D eigenvalue weighted by Crippen LogP contribution is -2.45. The van der Waals surface area contributed by atoms with E-state index in [0.29, 0.717) is 16.0 Å². The summed E-state index contributed by atoms with van der Waals surface area (Å²) in [6, 6.07) is 22.7. The maximum absolute atomic E-state index is 14.2. The van der Waals surface area contributed by atoms with Gasteiger partial charge in [-0.05, 0) is 63.1 Å². The van der Waals surface area contributed by atoms with Crippen molar-refractivity contribution in [3.05, 3.63) is 100 Å². The van der Waals surface area contributed by atoms with Gasteiger partial charge in [0, 0.05) is 41.2 Å². The van der Waals surface area contributed by atoms with Crippen LogP contribution in [0, 0.1) is 5.82 Å². The van der Waals surface area contributed by atoms with E-state index in [0.717, 1.165) is 41.1 Å². The molecule has 2 aliphatic rings. The Morgan fingerprint density at radius 1 is 1.00 bits per heavy atom. The first-order chi connectivity index (χ1) is 20.9. The van der Waals surface area contributed by atoms with Crippen LogP contribution in [0.15, 0.2) is 82.6 Å². The number of carbonyl (C=O) groups excluding carboxylic acids is 2. The van der Waals surface area contributed by atoms with Crippen LogP contribution in [0.4, 0.5) is 10.1 Å². The van der Waals surface area contributed by atoms with Crippen LogP contribution in [0.3, 0.4) is 0 Å². The number of rotatable bonds is 10. The summed E-state index contributed by atoms with van der Waals surface area (Å²) >= 11 is 1.40. The highest BCUT2D eigenvalue weighted by atomic mass is 32.2. The predicted octanol–water partition coefficient (Wildman–Crippen LogP) is 7.96. The highest BCUT2D eigenvalue weighted by molar-refractivity contribution is 8.04. The first kappa shape index (κ1) is 32.6. The second kappa shape index (κ2) is 16.6. The standard InChI is InChI=1S/C23H16FNO2S.C13H28N2/c24-19-6-2-1-5-18(19)14-25-20-7-3-4-8-21(20)28-22(23(25)27)13-16-9-11-17(15-26)12-10-16;1-4-12(2)15(11-10-14-3)13-8-6-5-7-9-13/h1-13,15H,14H2;12-14H,4-11H2,1-3H3/b22-13+;. The zero-order valence-corrected chi connectivity index (χ0v) is 26.4. The number of nitrogens with one attached hydrogen (secondary N) is 1. The molecule has 0 saturated heterocycles. The number of thioether (sulfide) groups is 1. The Kier molecular flexibility index (Phi) is 12.6. The Labute approximate surface area is 260 Å². The zero-order chi connectivity index (χ0) is 30.6. The summed E-state index contributed by atoms with van der Waals surface area (Å²) in [5.41, 5.74) is 2.64. The fourth-order valence-electron chi connectivity index (χ4n) is 5.69. The molecule has 1 fully saturated rings. The van der Waals surface area contributed by atoms with Crippen LogP contribution in [0.1, 0.15) is 73.9 Å². The Morgan fingerprint density at radius 3 is 2.35 bits per heavy atom. The van der Waals surface area contributed by atoms with Gasteiger partial charge in [-0.15, -0.1) is 0 Å². The minimum atomic E-state index is -0.332. The molecule has 7 heteroatoms. The summed E-state index contributed by atoms with van der Waals surface area (Å²) in [6.45, 7) is 7.19. The number of para-hydroxylation sites is 1. The topological polar surface area (TPSA) is 52.7 Å². The van der Waals surface area contributed by atoms with Crippen molar-refractivity contribution in [2.24, 2.45) is 0 Å². The van der Waals surface area contributed by atoms with Crippen molar-refractivity contribution < 1.29 is 14.0 Å². The van der Waals surface area contributed by atoms with Crippen molar-refractivity contribution in [1.82, 2.24) is 10.2 Å². The molecule has 1 aliphatic heterocycles. The Balaban J connectivity index is 0.000000239. The minimum absolute atomic E-state index is 0.157. The van der Waals surface area contributed by atoms with Gasteiger partial charge in [0.1, 0.15) is 12.1 Å². The Morgan fingerprint density at radius 2 is 1.67 bits per heavy atom. The molecule has 1 amide bonds. The molecule has 1 saturated carbocycles. The first-order valence-corrected chi connectivity index (χ1v) is 16.3. The predicted molar refractivity (Wildman–Crippen MR) is 177 cm³/mol. The zero-order valence-electron chi connectivity index (χ0n) is 25.6. The molecule has 1 heterocycles. The molecule has 1 unspecified atom stereocenters. The van der Waals surface area contributed by atoms with Crippen molar-refractivity contribution in [1.29, 1.82) is 0 Å². The van der Waals surface area contributed by atoms with E-state index in [2.05, 4.69) is 31.1 Å². The van der Waals surface area contributed by atoms with E-state index < -0.39 is 0 Å². The molecular weight excluding hydrogens is 557 g/mol. The van der Waals surface area contributed by atoms with E-state index in [1.54, 1.807) is 53.4 Å². The summed E-state index contributed by atoms with van der Waals surface area (Å²) < 4.78 is 14.2. The van der Waals surface area contributed by atoms with Crippen LogP contribution in [0.5, 0.6) is 0 Å². The summed E-state index contributed by atoms with van der Waals surface area (Å²) in [7, 11) is 2.05. The van der Waals surface area contributed by atoms with E-state index in [-0.39, 0.29) is 18.3 Å². The Bertz CT molecular complexity index is 1370.